The fraction of sp³-hybridized carbons (Fsp3) is 0.417. The minimum absolute atomic E-state index is 0.529. The summed E-state index contributed by atoms with van der Waals surface area (Å²) < 4.78 is 7.47. The first-order valence-corrected chi connectivity index (χ1v) is 6.01. The first-order valence-electron chi connectivity index (χ1n) is 6.01. The van der Waals surface area contributed by atoms with Crippen molar-refractivity contribution in [3.05, 3.63) is 24.3 Å². The highest BCUT2D eigenvalue weighted by atomic mass is 16.5. The summed E-state index contributed by atoms with van der Waals surface area (Å²) >= 11 is 0. The molecule has 6 heteroatoms. The molecule has 0 atom stereocenters. The van der Waals surface area contributed by atoms with Crippen LogP contribution >= 0.6 is 0 Å². The van der Waals surface area contributed by atoms with Crippen molar-refractivity contribution >= 4 is 5.82 Å². The van der Waals surface area contributed by atoms with Crippen molar-refractivity contribution in [1.82, 2.24) is 19.7 Å². The van der Waals surface area contributed by atoms with Gasteiger partial charge >= 0.3 is 0 Å². The molecule has 2 heterocycles. The minimum Gasteiger partial charge on any atom is -0.436 e. The summed E-state index contributed by atoms with van der Waals surface area (Å²) in [6.07, 6.45) is 4.28. The Morgan fingerprint density at radius 3 is 2.78 bits per heavy atom. The van der Waals surface area contributed by atoms with Gasteiger partial charge in [0.2, 0.25) is 5.88 Å². The van der Waals surface area contributed by atoms with Crippen LogP contribution in [0.15, 0.2) is 18.5 Å². The molecule has 2 aromatic heterocycles. The highest BCUT2D eigenvalue weighted by Crippen LogP contribution is 2.21. The van der Waals surface area contributed by atoms with Gasteiger partial charge in [-0.25, -0.2) is 4.98 Å². The van der Waals surface area contributed by atoms with Gasteiger partial charge in [0.05, 0.1) is 12.4 Å². The van der Waals surface area contributed by atoms with Crippen LogP contribution in [0, 0.1) is 0 Å². The van der Waals surface area contributed by atoms with E-state index in [-0.39, 0.29) is 0 Å². The summed E-state index contributed by atoms with van der Waals surface area (Å²) in [5.74, 6) is 2.71. The Bertz CT molecular complexity index is 501. The number of nitrogens with zero attached hydrogens (tertiary/aromatic N) is 4. The molecule has 1 N–H and O–H groups in total. The summed E-state index contributed by atoms with van der Waals surface area (Å²) in [7, 11) is 1.82. The molecule has 0 radical (unpaired) electrons. The molecule has 0 saturated heterocycles. The van der Waals surface area contributed by atoms with E-state index >= 15 is 0 Å². The third kappa shape index (κ3) is 2.77. The van der Waals surface area contributed by atoms with Crippen molar-refractivity contribution in [3.8, 4) is 11.6 Å². The number of hydrogen-bond donors (Lipinski definition) is 1. The van der Waals surface area contributed by atoms with Crippen LogP contribution < -0.4 is 10.1 Å². The van der Waals surface area contributed by atoms with Gasteiger partial charge in [-0.3, -0.25) is 4.68 Å². The lowest BCUT2D eigenvalue weighted by Gasteiger charge is -2.06. The van der Waals surface area contributed by atoms with Crippen molar-refractivity contribution in [2.45, 2.75) is 26.8 Å². The maximum atomic E-state index is 5.67. The molecular weight excluding hydrogens is 230 g/mol. The maximum Gasteiger partial charge on any atom is 0.224 e. The fourth-order valence-corrected chi connectivity index (χ4v) is 1.50. The molecule has 2 aromatic rings. The molecule has 2 rings (SSSR count). The Kier molecular flexibility index (Phi) is 3.76. The zero-order chi connectivity index (χ0) is 13.0. The van der Waals surface area contributed by atoms with Crippen LogP contribution in [0.5, 0.6) is 11.6 Å². The highest BCUT2D eigenvalue weighted by Gasteiger charge is 2.06. The van der Waals surface area contributed by atoms with E-state index in [4.69, 9.17) is 4.74 Å². The smallest absolute Gasteiger partial charge is 0.224 e. The normalized spacial score (nSPS) is 10.4. The van der Waals surface area contributed by atoms with E-state index in [2.05, 4.69) is 20.4 Å². The predicted molar refractivity (Wildman–Crippen MR) is 68.9 cm³/mol. The summed E-state index contributed by atoms with van der Waals surface area (Å²) in [4.78, 5) is 8.63. The van der Waals surface area contributed by atoms with Crippen molar-refractivity contribution in [1.29, 1.82) is 0 Å². The maximum absolute atomic E-state index is 5.67. The van der Waals surface area contributed by atoms with Crippen LogP contribution in [-0.2, 0) is 13.0 Å². The summed E-state index contributed by atoms with van der Waals surface area (Å²) in [5.41, 5.74) is 0. The molecule has 0 amide bonds. The number of ether oxygens (including phenoxy) is 1. The molecule has 0 bridgehead atoms. The van der Waals surface area contributed by atoms with Crippen LogP contribution in [-0.4, -0.2) is 26.8 Å². The van der Waals surface area contributed by atoms with Gasteiger partial charge in [0, 0.05) is 26.1 Å². The lowest BCUT2D eigenvalue weighted by Crippen LogP contribution is -2.00. The summed E-state index contributed by atoms with van der Waals surface area (Å²) in [6.45, 7) is 4.85. The minimum atomic E-state index is 0.529. The molecule has 0 aliphatic heterocycles. The van der Waals surface area contributed by atoms with Crippen LogP contribution in [0.2, 0.25) is 0 Å². The third-order valence-corrected chi connectivity index (χ3v) is 2.48. The van der Waals surface area contributed by atoms with Crippen LogP contribution in [0.25, 0.3) is 0 Å². The average molecular weight is 247 g/mol. The van der Waals surface area contributed by atoms with Crippen molar-refractivity contribution in [3.63, 3.8) is 0 Å². The second-order valence-electron chi connectivity index (χ2n) is 3.74. The van der Waals surface area contributed by atoms with Crippen LogP contribution in [0.1, 0.15) is 19.7 Å². The van der Waals surface area contributed by atoms with Gasteiger partial charge in [-0.05, 0) is 6.92 Å². The Morgan fingerprint density at radius 1 is 1.33 bits per heavy atom. The Labute approximate surface area is 106 Å². The zero-order valence-electron chi connectivity index (χ0n) is 10.8. The lowest BCUT2D eigenvalue weighted by molar-refractivity contribution is 0.458. The molecule has 0 aliphatic carbocycles. The largest absolute Gasteiger partial charge is 0.436 e. The molecule has 6 nitrogen and oxygen atoms in total. The predicted octanol–water partition coefficient (Wildman–Crippen LogP) is 2.09. The second kappa shape index (κ2) is 5.48. The van der Waals surface area contributed by atoms with E-state index in [9.17, 15) is 0 Å². The Hall–Kier alpha value is -2.11. The van der Waals surface area contributed by atoms with Crippen LogP contribution in [0.4, 0.5) is 5.82 Å². The zero-order valence-corrected chi connectivity index (χ0v) is 10.8. The number of nitrogens with one attached hydrogen (secondary N) is 1. The van der Waals surface area contributed by atoms with Crippen molar-refractivity contribution < 1.29 is 4.74 Å². The highest BCUT2D eigenvalue weighted by molar-refractivity contribution is 5.38. The molecular formula is C12H17N5O. The second-order valence-corrected chi connectivity index (χ2v) is 3.74. The van der Waals surface area contributed by atoms with Crippen molar-refractivity contribution in [2.24, 2.45) is 0 Å². The molecule has 96 valence electrons. The van der Waals surface area contributed by atoms with E-state index < -0.39 is 0 Å². The van der Waals surface area contributed by atoms with E-state index in [1.807, 2.05) is 27.1 Å². The Balaban J connectivity index is 2.22. The van der Waals surface area contributed by atoms with E-state index in [1.165, 1.54) is 0 Å². The summed E-state index contributed by atoms with van der Waals surface area (Å²) in [6, 6.07) is 1.77. The van der Waals surface area contributed by atoms with Gasteiger partial charge in [0.15, 0.2) is 5.75 Å². The number of hydrogen-bond acceptors (Lipinski definition) is 5. The van der Waals surface area contributed by atoms with Gasteiger partial charge < -0.3 is 10.1 Å². The molecule has 0 aromatic carbocycles. The van der Waals surface area contributed by atoms with E-state index in [0.717, 1.165) is 24.6 Å². The fourth-order valence-electron chi connectivity index (χ4n) is 1.50. The molecule has 0 aliphatic rings. The molecule has 0 spiro atoms. The number of anilines is 1. The van der Waals surface area contributed by atoms with Gasteiger partial charge in [-0.2, -0.15) is 10.1 Å². The first kappa shape index (κ1) is 12.3. The SMILES string of the molecule is CCc1nc(NC)cc(Oc2cnn(CC)c2)n1. The first-order chi connectivity index (χ1) is 8.75. The quantitative estimate of drug-likeness (QED) is 0.876. The topological polar surface area (TPSA) is 64.9 Å². The lowest BCUT2D eigenvalue weighted by atomic mass is 10.4. The molecule has 0 unspecified atom stereocenters. The average Bonchev–Trinajstić information content (AvgIpc) is 2.85. The monoisotopic (exact) mass is 247 g/mol. The van der Waals surface area contributed by atoms with Gasteiger partial charge in [0.1, 0.15) is 11.6 Å². The van der Waals surface area contributed by atoms with E-state index in [1.54, 1.807) is 16.9 Å². The van der Waals surface area contributed by atoms with Gasteiger partial charge in [-0.15, -0.1) is 0 Å². The molecule has 0 fully saturated rings. The van der Waals surface area contributed by atoms with Crippen molar-refractivity contribution in [2.75, 3.05) is 12.4 Å². The standard InChI is InChI=1S/C12H17N5O/c1-4-10-15-11(13-3)6-12(16-10)18-9-7-14-17(5-2)8-9/h6-8H,4-5H2,1-3H3,(H,13,15,16). The number of aryl methyl sites for hydroxylation is 2. The van der Waals surface area contributed by atoms with E-state index in [0.29, 0.717) is 11.6 Å². The summed E-state index contributed by atoms with van der Waals surface area (Å²) in [5, 5.41) is 7.14. The number of aromatic nitrogens is 4. The van der Waals surface area contributed by atoms with Crippen LogP contribution in [0.3, 0.4) is 0 Å². The Morgan fingerprint density at radius 2 is 2.17 bits per heavy atom. The van der Waals surface area contributed by atoms with Gasteiger partial charge in [0.25, 0.3) is 0 Å². The van der Waals surface area contributed by atoms with Gasteiger partial charge in [-0.1, -0.05) is 6.92 Å². The third-order valence-electron chi connectivity index (χ3n) is 2.48. The number of rotatable bonds is 5. The molecule has 0 saturated carbocycles. The molecule has 18 heavy (non-hydrogen) atoms.